The smallest absolute Gasteiger partial charge is 0.407 e. The molecule has 0 bridgehead atoms. The molecule has 11 nitrogen and oxygen atoms in total. The molecular weight excluding hydrogens is 564 g/mol. The number of carbonyl (C=O) groups is 1. The predicted molar refractivity (Wildman–Crippen MR) is 167 cm³/mol. The van der Waals surface area contributed by atoms with Gasteiger partial charge in [0.2, 0.25) is 0 Å². The molecule has 1 saturated carbocycles. The molecule has 2 saturated heterocycles. The average molecular weight is 609 g/mol. The summed E-state index contributed by atoms with van der Waals surface area (Å²) in [4.78, 5) is 24.2. The maximum Gasteiger partial charge on any atom is 0.407 e. The molecule has 1 aromatic carbocycles. The van der Waals surface area contributed by atoms with Gasteiger partial charge in [0.05, 0.1) is 30.0 Å². The minimum Gasteiger partial charge on any atom is -0.488 e. The van der Waals surface area contributed by atoms with Crippen LogP contribution in [0, 0.1) is 0 Å². The fraction of sp³-hybridized carbons (Fsp3) is 0.613. The highest BCUT2D eigenvalue weighted by molar-refractivity contribution is 6.76. The van der Waals surface area contributed by atoms with Gasteiger partial charge in [-0.15, -0.1) is 0 Å². The first kappa shape index (κ1) is 29.8. The molecule has 1 atom stereocenters. The molecular formula is C31H44N6O5Si. The van der Waals surface area contributed by atoms with Crippen LogP contribution < -0.4 is 9.64 Å². The number of aromatic nitrogens is 4. The lowest BCUT2D eigenvalue weighted by Gasteiger charge is -2.34. The van der Waals surface area contributed by atoms with Crippen molar-refractivity contribution >= 4 is 30.9 Å². The Morgan fingerprint density at radius 1 is 1.07 bits per heavy atom. The first-order chi connectivity index (χ1) is 20.6. The van der Waals surface area contributed by atoms with Gasteiger partial charge in [0.15, 0.2) is 0 Å². The van der Waals surface area contributed by atoms with Crippen molar-refractivity contribution in [1.29, 1.82) is 0 Å². The van der Waals surface area contributed by atoms with E-state index in [1.807, 2.05) is 16.8 Å². The standard InChI is InChI=1S/C31H44N6O5Si/c1-31(10-11-31)42-23-5-6-27-25(17-23)29(34-37(27)21-40-15-16-43(2,3)4)26-18-28(33-20-32-26)35-12-7-22(8-13-35)41-24-9-14-36(19-24)30(38)39/h5-6,17-18,20,22,24H,7-16,19,21H2,1-4H3,(H,38,39)/t24-/m1/s1. The average Bonchev–Trinajstić information content (AvgIpc) is 3.35. The lowest BCUT2D eigenvalue weighted by Crippen LogP contribution is -2.39. The lowest BCUT2D eigenvalue weighted by molar-refractivity contribution is -0.0172. The van der Waals surface area contributed by atoms with Gasteiger partial charge in [0, 0.05) is 45.8 Å². The second kappa shape index (κ2) is 12.0. The summed E-state index contributed by atoms with van der Waals surface area (Å²) in [5.41, 5.74) is 2.47. The lowest BCUT2D eigenvalue weighted by atomic mass is 10.1. The van der Waals surface area contributed by atoms with Gasteiger partial charge in [-0.3, -0.25) is 0 Å². The molecule has 3 fully saturated rings. The zero-order valence-corrected chi connectivity index (χ0v) is 26.8. The number of piperidine rings is 1. The fourth-order valence-corrected chi connectivity index (χ4v) is 6.51. The Morgan fingerprint density at radius 2 is 1.84 bits per heavy atom. The van der Waals surface area contributed by atoms with Crippen LogP contribution in [0.25, 0.3) is 22.3 Å². The van der Waals surface area contributed by atoms with Crippen molar-refractivity contribution in [3.8, 4) is 17.1 Å². The van der Waals surface area contributed by atoms with Crippen molar-refractivity contribution in [3.63, 3.8) is 0 Å². The Bertz CT molecular complexity index is 1450. The predicted octanol–water partition coefficient (Wildman–Crippen LogP) is 5.47. The molecule has 2 aromatic heterocycles. The van der Waals surface area contributed by atoms with Crippen molar-refractivity contribution in [2.75, 3.05) is 37.7 Å². The number of rotatable bonds is 11. The Kier molecular flexibility index (Phi) is 8.36. The van der Waals surface area contributed by atoms with E-state index in [9.17, 15) is 9.90 Å². The number of carboxylic acid groups (broad SMARTS) is 1. The number of nitrogens with zero attached hydrogens (tertiary/aromatic N) is 6. The fourth-order valence-electron chi connectivity index (χ4n) is 5.76. The number of anilines is 1. The second-order valence-electron chi connectivity index (χ2n) is 13.7. The Labute approximate surface area is 254 Å². The molecule has 12 heteroatoms. The van der Waals surface area contributed by atoms with E-state index in [1.165, 1.54) is 4.90 Å². The Morgan fingerprint density at radius 3 is 2.53 bits per heavy atom. The Hall–Kier alpha value is -3.22. The number of benzene rings is 1. The summed E-state index contributed by atoms with van der Waals surface area (Å²) in [6.07, 6.45) is 5.50. The third kappa shape index (κ3) is 7.30. The SMILES string of the molecule is CC1(Oc2ccc3c(c2)c(-c2cc(N4CCC(O[C@@H]5CCN(C(=O)O)C5)CC4)ncn2)nn3COCC[Si](C)(C)C)CC1. The van der Waals surface area contributed by atoms with Gasteiger partial charge < -0.3 is 29.1 Å². The monoisotopic (exact) mass is 608 g/mol. The van der Waals surface area contributed by atoms with Crippen LogP contribution in [0.5, 0.6) is 5.75 Å². The zero-order valence-electron chi connectivity index (χ0n) is 25.8. The number of hydrogen-bond acceptors (Lipinski definition) is 8. The van der Waals surface area contributed by atoms with Crippen LogP contribution in [0.2, 0.25) is 25.7 Å². The number of amides is 1. The van der Waals surface area contributed by atoms with Crippen LogP contribution in [-0.2, 0) is 16.2 Å². The number of hydrogen-bond donors (Lipinski definition) is 1. The topological polar surface area (TPSA) is 115 Å². The maximum absolute atomic E-state index is 11.2. The van der Waals surface area contributed by atoms with Crippen LogP contribution >= 0.6 is 0 Å². The third-order valence-electron chi connectivity index (χ3n) is 8.71. The molecule has 1 aliphatic carbocycles. The van der Waals surface area contributed by atoms with Gasteiger partial charge in [0.25, 0.3) is 0 Å². The van der Waals surface area contributed by atoms with Gasteiger partial charge >= 0.3 is 6.09 Å². The van der Waals surface area contributed by atoms with E-state index in [4.69, 9.17) is 19.3 Å². The first-order valence-electron chi connectivity index (χ1n) is 15.5. The van der Waals surface area contributed by atoms with Crippen molar-refractivity contribution in [2.24, 2.45) is 0 Å². The molecule has 3 aromatic rings. The first-order valence-corrected chi connectivity index (χ1v) is 19.2. The summed E-state index contributed by atoms with van der Waals surface area (Å²) in [6.45, 7) is 12.9. The Balaban J connectivity index is 1.17. The van der Waals surface area contributed by atoms with Crippen LogP contribution in [-0.4, -0.2) is 94.5 Å². The number of fused-ring (bicyclic) bond motifs is 1. The van der Waals surface area contributed by atoms with Gasteiger partial charge in [0.1, 0.15) is 35.9 Å². The van der Waals surface area contributed by atoms with Crippen molar-refractivity contribution in [2.45, 2.75) is 89.3 Å². The van der Waals surface area contributed by atoms with Crippen molar-refractivity contribution in [1.82, 2.24) is 24.6 Å². The molecule has 0 spiro atoms. The van der Waals surface area contributed by atoms with Gasteiger partial charge in [-0.05, 0) is 63.3 Å². The van der Waals surface area contributed by atoms with E-state index in [2.05, 4.69) is 53.6 Å². The van der Waals surface area contributed by atoms with E-state index < -0.39 is 14.2 Å². The van der Waals surface area contributed by atoms with Crippen LogP contribution in [0.3, 0.4) is 0 Å². The van der Waals surface area contributed by atoms with Gasteiger partial charge in [-0.2, -0.15) is 5.10 Å². The highest BCUT2D eigenvalue weighted by Gasteiger charge is 2.40. The molecule has 3 aliphatic rings. The summed E-state index contributed by atoms with van der Waals surface area (Å²) in [7, 11) is -1.19. The van der Waals surface area contributed by atoms with E-state index in [-0.39, 0.29) is 17.8 Å². The number of likely N-dealkylation sites (tertiary alicyclic amines) is 1. The van der Waals surface area contributed by atoms with Crippen molar-refractivity contribution in [3.05, 3.63) is 30.6 Å². The second-order valence-corrected chi connectivity index (χ2v) is 19.3. The minimum absolute atomic E-state index is 0.0161. The highest BCUT2D eigenvalue weighted by atomic mass is 28.3. The molecule has 43 heavy (non-hydrogen) atoms. The van der Waals surface area contributed by atoms with Crippen LogP contribution in [0.1, 0.15) is 39.0 Å². The highest BCUT2D eigenvalue weighted by Crippen LogP contribution is 2.41. The maximum atomic E-state index is 11.2. The van der Waals surface area contributed by atoms with Crippen molar-refractivity contribution < 1.29 is 24.1 Å². The quantitative estimate of drug-likeness (QED) is 0.223. The van der Waals surface area contributed by atoms with Gasteiger partial charge in [-0.25, -0.2) is 19.4 Å². The summed E-state index contributed by atoms with van der Waals surface area (Å²) < 4.78 is 20.6. The molecule has 232 valence electrons. The zero-order chi connectivity index (χ0) is 30.2. The van der Waals surface area contributed by atoms with Crippen LogP contribution in [0.4, 0.5) is 10.6 Å². The molecule has 0 unspecified atom stereocenters. The summed E-state index contributed by atoms with van der Waals surface area (Å²) in [5.74, 6) is 1.71. The third-order valence-corrected chi connectivity index (χ3v) is 10.4. The summed E-state index contributed by atoms with van der Waals surface area (Å²) in [5, 5.41) is 15.2. The normalized spacial score (nSPS) is 20.6. The van der Waals surface area contributed by atoms with Gasteiger partial charge in [-0.1, -0.05) is 19.6 Å². The molecule has 1 amide bonds. The van der Waals surface area contributed by atoms with E-state index in [1.54, 1.807) is 6.33 Å². The summed E-state index contributed by atoms with van der Waals surface area (Å²) in [6, 6.07) is 9.31. The van der Waals surface area contributed by atoms with E-state index >= 15 is 0 Å². The summed E-state index contributed by atoms with van der Waals surface area (Å²) >= 11 is 0. The molecule has 1 N–H and O–H groups in total. The minimum atomic E-state index is -1.19. The molecule has 2 aliphatic heterocycles. The van der Waals surface area contributed by atoms with E-state index in [0.29, 0.717) is 19.8 Å². The van der Waals surface area contributed by atoms with Crippen LogP contribution in [0.15, 0.2) is 30.6 Å². The molecule has 4 heterocycles. The largest absolute Gasteiger partial charge is 0.488 e. The van der Waals surface area contributed by atoms with E-state index in [0.717, 1.165) is 91.7 Å². The molecule has 6 rings (SSSR count). The molecule has 0 radical (unpaired) electrons. The number of ether oxygens (including phenoxy) is 3.